The molecule has 0 aromatic rings. The lowest BCUT2D eigenvalue weighted by atomic mass is 9.85. The van der Waals surface area contributed by atoms with Crippen molar-refractivity contribution in [3.8, 4) is 0 Å². The average Bonchev–Trinajstić information content (AvgIpc) is 2.58. The van der Waals surface area contributed by atoms with Crippen molar-refractivity contribution < 1.29 is 5.11 Å². The summed E-state index contributed by atoms with van der Waals surface area (Å²) < 4.78 is 0. The third-order valence-corrected chi connectivity index (χ3v) is 4.48. The third-order valence-electron chi connectivity index (χ3n) is 4.48. The second-order valence-corrected chi connectivity index (χ2v) is 6.05. The van der Waals surface area contributed by atoms with Crippen LogP contribution >= 0.6 is 0 Å². The van der Waals surface area contributed by atoms with Crippen molar-refractivity contribution in [1.82, 2.24) is 5.32 Å². The molecule has 0 amide bonds. The Morgan fingerprint density at radius 3 is 2.44 bits per heavy atom. The molecule has 0 bridgehead atoms. The van der Waals surface area contributed by atoms with Crippen LogP contribution in [0.2, 0.25) is 0 Å². The van der Waals surface area contributed by atoms with Gasteiger partial charge >= 0.3 is 0 Å². The summed E-state index contributed by atoms with van der Waals surface area (Å²) in [6, 6.07) is 0. The molecule has 0 aromatic heterocycles. The standard InChI is InChI=1S/C16H33NO/c1-15-9-3-2-4-10-16(15)11-5-6-12-17-13-7-8-14-18/h15-18H,2-14H2,1H3. The van der Waals surface area contributed by atoms with Crippen molar-refractivity contribution in [2.45, 2.75) is 71.1 Å². The number of unbranched alkanes of at least 4 members (excludes halogenated alkanes) is 2. The fourth-order valence-corrected chi connectivity index (χ4v) is 3.14. The van der Waals surface area contributed by atoms with Crippen LogP contribution in [0.3, 0.4) is 0 Å². The van der Waals surface area contributed by atoms with Gasteiger partial charge in [0.1, 0.15) is 0 Å². The van der Waals surface area contributed by atoms with Crippen molar-refractivity contribution in [2.75, 3.05) is 19.7 Å². The molecule has 0 aromatic carbocycles. The largest absolute Gasteiger partial charge is 0.396 e. The Labute approximate surface area is 114 Å². The zero-order valence-corrected chi connectivity index (χ0v) is 12.3. The molecule has 0 aliphatic heterocycles. The van der Waals surface area contributed by atoms with Gasteiger partial charge in [-0.3, -0.25) is 0 Å². The SMILES string of the molecule is CC1CCCCCC1CCCCNCCCCO. The van der Waals surface area contributed by atoms with Gasteiger partial charge in [0.05, 0.1) is 0 Å². The van der Waals surface area contributed by atoms with Gasteiger partial charge in [-0.2, -0.15) is 0 Å². The van der Waals surface area contributed by atoms with Crippen LogP contribution in [0.1, 0.15) is 71.1 Å². The first-order valence-corrected chi connectivity index (χ1v) is 8.16. The van der Waals surface area contributed by atoms with Crippen molar-refractivity contribution in [3.05, 3.63) is 0 Å². The molecule has 2 N–H and O–H groups in total. The predicted octanol–water partition coefficient (Wildman–Crippen LogP) is 3.74. The van der Waals surface area contributed by atoms with Gasteiger partial charge in [0.15, 0.2) is 0 Å². The summed E-state index contributed by atoms with van der Waals surface area (Å²) in [5, 5.41) is 12.1. The Hall–Kier alpha value is -0.0800. The molecule has 0 saturated heterocycles. The quantitative estimate of drug-likeness (QED) is 0.486. The summed E-state index contributed by atoms with van der Waals surface area (Å²) in [6.07, 6.45) is 13.5. The van der Waals surface area contributed by atoms with Crippen molar-refractivity contribution in [1.29, 1.82) is 0 Å². The van der Waals surface area contributed by atoms with E-state index in [-0.39, 0.29) is 0 Å². The van der Waals surface area contributed by atoms with Crippen LogP contribution in [0.25, 0.3) is 0 Å². The Bertz CT molecular complexity index is 184. The molecule has 0 heterocycles. The molecule has 2 atom stereocenters. The zero-order chi connectivity index (χ0) is 13.1. The molecular weight excluding hydrogens is 222 g/mol. The van der Waals surface area contributed by atoms with E-state index in [0.29, 0.717) is 6.61 Å². The smallest absolute Gasteiger partial charge is 0.0431 e. The topological polar surface area (TPSA) is 32.3 Å². The molecule has 2 unspecified atom stereocenters. The van der Waals surface area contributed by atoms with E-state index in [9.17, 15) is 0 Å². The van der Waals surface area contributed by atoms with Gasteiger partial charge < -0.3 is 10.4 Å². The van der Waals surface area contributed by atoms with Gasteiger partial charge in [-0.1, -0.05) is 51.9 Å². The second kappa shape index (κ2) is 10.8. The Morgan fingerprint density at radius 1 is 0.944 bits per heavy atom. The van der Waals surface area contributed by atoms with E-state index >= 15 is 0 Å². The first-order chi connectivity index (χ1) is 8.84. The molecule has 1 fully saturated rings. The lowest BCUT2D eigenvalue weighted by Crippen LogP contribution is -2.17. The summed E-state index contributed by atoms with van der Waals surface area (Å²) >= 11 is 0. The molecule has 1 saturated carbocycles. The van der Waals surface area contributed by atoms with Crippen LogP contribution in [0, 0.1) is 11.8 Å². The van der Waals surface area contributed by atoms with Gasteiger partial charge in [0.25, 0.3) is 0 Å². The molecule has 108 valence electrons. The zero-order valence-electron chi connectivity index (χ0n) is 12.3. The highest BCUT2D eigenvalue weighted by atomic mass is 16.2. The maximum Gasteiger partial charge on any atom is 0.0431 e. The van der Waals surface area contributed by atoms with E-state index in [4.69, 9.17) is 5.11 Å². The first-order valence-electron chi connectivity index (χ1n) is 8.16. The van der Waals surface area contributed by atoms with Crippen LogP contribution in [0.4, 0.5) is 0 Å². The van der Waals surface area contributed by atoms with Crippen LogP contribution < -0.4 is 5.32 Å². The van der Waals surface area contributed by atoms with E-state index in [0.717, 1.165) is 37.8 Å². The molecule has 0 radical (unpaired) electrons. The van der Waals surface area contributed by atoms with Gasteiger partial charge in [0.2, 0.25) is 0 Å². The Balaban J connectivity index is 1.93. The Morgan fingerprint density at radius 2 is 1.67 bits per heavy atom. The molecule has 0 spiro atoms. The Kier molecular flexibility index (Phi) is 9.59. The summed E-state index contributed by atoms with van der Waals surface area (Å²) in [4.78, 5) is 0. The summed E-state index contributed by atoms with van der Waals surface area (Å²) in [7, 11) is 0. The number of hydrogen-bond acceptors (Lipinski definition) is 2. The van der Waals surface area contributed by atoms with E-state index in [2.05, 4.69) is 12.2 Å². The number of hydrogen-bond donors (Lipinski definition) is 2. The van der Waals surface area contributed by atoms with E-state index in [1.54, 1.807) is 0 Å². The lowest BCUT2D eigenvalue weighted by molar-refractivity contribution is 0.283. The fraction of sp³-hybridized carbons (Fsp3) is 1.00. The summed E-state index contributed by atoms with van der Waals surface area (Å²) in [5.74, 6) is 1.96. The highest BCUT2D eigenvalue weighted by Gasteiger charge is 2.18. The number of nitrogens with one attached hydrogen (secondary N) is 1. The van der Waals surface area contributed by atoms with Gasteiger partial charge in [-0.05, 0) is 44.2 Å². The number of rotatable bonds is 9. The molecule has 2 heteroatoms. The van der Waals surface area contributed by atoms with Gasteiger partial charge in [-0.15, -0.1) is 0 Å². The molecule has 18 heavy (non-hydrogen) atoms. The fourth-order valence-electron chi connectivity index (χ4n) is 3.14. The molecule has 1 aliphatic rings. The maximum atomic E-state index is 8.67. The highest BCUT2D eigenvalue weighted by Crippen LogP contribution is 2.31. The maximum absolute atomic E-state index is 8.67. The normalized spacial score (nSPS) is 25.0. The van der Waals surface area contributed by atoms with Crippen LogP contribution in [-0.4, -0.2) is 24.8 Å². The number of aliphatic hydroxyl groups is 1. The minimum absolute atomic E-state index is 0.335. The molecular formula is C16H33NO. The van der Waals surface area contributed by atoms with E-state index in [1.807, 2.05) is 0 Å². The van der Waals surface area contributed by atoms with Crippen LogP contribution in [-0.2, 0) is 0 Å². The minimum atomic E-state index is 0.335. The van der Waals surface area contributed by atoms with Crippen molar-refractivity contribution >= 4 is 0 Å². The van der Waals surface area contributed by atoms with Gasteiger partial charge in [-0.25, -0.2) is 0 Å². The van der Waals surface area contributed by atoms with E-state index < -0.39 is 0 Å². The monoisotopic (exact) mass is 255 g/mol. The first kappa shape index (κ1) is 16.0. The van der Waals surface area contributed by atoms with Crippen molar-refractivity contribution in [3.63, 3.8) is 0 Å². The molecule has 2 nitrogen and oxygen atoms in total. The van der Waals surface area contributed by atoms with E-state index in [1.165, 1.54) is 51.4 Å². The summed E-state index contributed by atoms with van der Waals surface area (Å²) in [5.41, 5.74) is 0. The highest BCUT2D eigenvalue weighted by molar-refractivity contribution is 4.71. The minimum Gasteiger partial charge on any atom is -0.396 e. The predicted molar refractivity (Wildman–Crippen MR) is 78.8 cm³/mol. The third kappa shape index (κ3) is 7.38. The summed E-state index contributed by atoms with van der Waals surface area (Å²) in [6.45, 7) is 5.03. The lowest BCUT2D eigenvalue weighted by Gasteiger charge is -2.21. The molecule has 1 rings (SSSR count). The van der Waals surface area contributed by atoms with Crippen molar-refractivity contribution in [2.24, 2.45) is 11.8 Å². The second-order valence-electron chi connectivity index (χ2n) is 6.05. The van der Waals surface area contributed by atoms with Crippen LogP contribution in [0.15, 0.2) is 0 Å². The van der Waals surface area contributed by atoms with Gasteiger partial charge in [0, 0.05) is 6.61 Å². The average molecular weight is 255 g/mol. The van der Waals surface area contributed by atoms with Crippen LogP contribution in [0.5, 0.6) is 0 Å². The number of aliphatic hydroxyl groups excluding tert-OH is 1. The molecule has 1 aliphatic carbocycles.